The summed E-state index contributed by atoms with van der Waals surface area (Å²) in [5.41, 5.74) is 5.65. The van der Waals surface area contributed by atoms with Gasteiger partial charge in [0.15, 0.2) is 5.96 Å². The Bertz CT molecular complexity index is 289. The van der Waals surface area contributed by atoms with Crippen LogP contribution in [-0.4, -0.2) is 28.1 Å². The van der Waals surface area contributed by atoms with E-state index in [4.69, 9.17) is 5.73 Å². The van der Waals surface area contributed by atoms with Gasteiger partial charge in [-0.05, 0) is 20.3 Å². The summed E-state index contributed by atoms with van der Waals surface area (Å²) in [5, 5.41) is 3.04. The van der Waals surface area contributed by atoms with Crippen molar-refractivity contribution >= 4 is 5.96 Å². The van der Waals surface area contributed by atoms with Crippen molar-refractivity contribution in [2.45, 2.75) is 32.9 Å². The van der Waals surface area contributed by atoms with Crippen molar-refractivity contribution in [3.8, 4) is 0 Å². The second-order valence-corrected chi connectivity index (χ2v) is 3.72. The van der Waals surface area contributed by atoms with Crippen LogP contribution in [0.3, 0.4) is 0 Å². The highest BCUT2D eigenvalue weighted by atomic mass is 15.1. The zero-order valence-corrected chi connectivity index (χ0v) is 9.35. The maximum absolute atomic E-state index is 5.65. The van der Waals surface area contributed by atoms with Crippen LogP contribution in [-0.2, 0) is 6.54 Å². The zero-order valence-electron chi connectivity index (χ0n) is 9.35. The van der Waals surface area contributed by atoms with E-state index in [0.717, 1.165) is 19.5 Å². The molecule has 1 rings (SSSR count). The lowest BCUT2D eigenvalue weighted by atomic mass is 10.4. The van der Waals surface area contributed by atoms with Gasteiger partial charge in [0, 0.05) is 31.5 Å². The molecule has 84 valence electrons. The summed E-state index contributed by atoms with van der Waals surface area (Å²) in [6.45, 7) is 5.74. The minimum atomic E-state index is 0.336. The molecule has 0 aliphatic carbocycles. The number of nitrogens with zero attached hydrogens (tertiary/aromatic N) is 3. The molecule has 0 fully saturated rings. The Hall–Kier alpha value is -1.52. The summed E-state index contributed by atoms with van der Waals surface area (Å²) >= 11 is 0. The van der Waals surface area contributed by atoms with E-state index in [9.17, 15) is 0 Å². The first-order valence-corrected chi connectivity index (χ1v) is 5.20. The molecule has 5 heteroatoms. The van der Waals surface area contributed by atoms with Crippen molar-refractivity contribution in [2.75, 3.05) is 6.54 Å². The van der Waals surface area contributed by atoms with Gasteiger partial charge in [0.25, 0.3) is 0 Å². The Morgan fingerprint density at radius 2 is 2.40 bits per heavy atom. The standard InChI is InChI=1S/C10H19N5/c1-9(2)14-10(11)13-4-3-6-15-7-5-12-8-15/h5,7-9H,3-4,6H2,1-2H3,(H3,11,13,14). The summed E-state index contributed by atoms with van der Waals surface area (Å²) in [6, 6.07) is 0.336. The third-order valence-corrected chi connectivity index (χ3v) is 1.85. The molecule has 15 heavy (non-hydrogen) atoms. The average molecular weight is 209 g/mol. The predicted molar refractivity (Wildman–Crippen MR) is 61.6 cm³/mol. The molecule has 1 aromatic rings. The lowest BCUT2D eigenvalue weighted by Gasteiger charge is -2.08. The molecule has 0 radical (unpaired) electrons. The lowest BCUT2D eigenvalue weighted by molar-refractivity contribution is 0.646. The monoisotopic (exact) mass is 209 g/mol. The molecule has 0 amide bonds. The Morgan fingerprint density at radius 1 is 1.60 bits per heavy atom. The number of hydrogen-bond donors (Lipinski definition) is 2. The first-order chi connectivity index (χ1) is 7.18. The largest absolute Gasteiger partial charge is 0.370 e. The number of aryl methyl sites for hydroxylation is 1. The third kappa shape index (κ3) is 5.05. The van der Waals surface area contributed by atoms with Crippen LogP contribution in [0.15, 0.2) is 23.7 Å². The molecule has 5 nitrogen and oxygen atoms in total. The summed E-state index contributed by atoms with van der Waals surface area (Å²) < 4.78 is 2.03. The van der Waals surface area contributed by atoms with Gasteiger partial charge >= 0.3 is 0 Å². The fraction of sp³-hybridized carbons (Fsp3) is 0.600. The second kappa shape index (κ2) is 6.06. The number of nitrogens with one attached hydrogen (secondary N) is 1. The predicted octanol–water partition coefficient (Wildman–Crippen LogP) is 0.586. The van der Waals surface area contributed by atoms with Gasteiger partial charge in [-0.3, -0.25) is 4.99 Å². The van der Waals surface area contributed by atoms with Crippen molar-refractivity contribution in [1.29, 1.82) is 0 Å². The highest BCUT2D eigenvalue weighted by Crippen LogP contribution is 1.90. The molecule has 0 bridgehead atoms. The molecule has 0 aliphatic heterocycles. The van der Waals surface area contributed by atoms with Crippen LogP contribution in [0.25, 0.3) is 0 Å². The summed E-state index contributed by atoms with van der Waals surface area (Å²) in [5.74, 6) is 0.524. The summed E-state index contributed by atoms with van der Waals surface area (Å²) in [7, 11) is 0. The maximum Gasteiger partial charge on any atom is 0.188 e. The number of nitrogens with two attached hydrogens (primary N) is 1. The van der Waals surface area contributed by atoms with E-state index < -0.39 is 0 Å². The fourth-order valence-electron chi connectivity index (χ4n) is 1.21. The van der Waals surface area contributed by atoms with Gasteiger partial charge in [-0.2, -0.15) is 0 Å². The first-order valence-electron chi connectivity index (χ1n) is 5.20. The molecule has 3 N–H and O–H groups in total. The van der Waals surface area contributed by atoms with E-state index >= 15 is 0 Å². The first kappa shape index (κ1) is 11.6. The van der Waals surface area contributed by atoms with Crippen molar-refractivity contribution in [1.82, 2.24) is 14.9 Å². The van der Waals surface area contributed by atoms with Gasteiger partial charge in [0.05, 0.1) is 6.33 Å². The topological polar surface area (TPSA) is 68.2 Å². The number of aliphatic imine (C=N–C) groups is 1. The number of hydrogen-bond acceptors (Lipinski definition) is 2. The highest BCUT2D eigenvalue weighted by molar-refractivity contribution is 5.77. The molecule has 0 aromatic carbocycles. The van der Waals surface area contributed by atoms with Gasteiger partial charge in [-0.25, -0.2) is 4.98 Å². The molecule has 0 aliphatic rings. The number of rotatable bonds is 5. The van der Waals surface area contributed by atoms with Gasteiger partial charge in [0.2, 0.25) is 0 Å². The van der Waals surface area contributed by atoms with Crippen LogP contribution in [0.1, 0.15) is 20.3 Å². The van der Waals surface area contributed by atoms with Gasteiger partial charge in [-0.15, -0.1) is 0 Å². The zero-order chi connectivity index (χ0) is 11.1. The Kier molecular flexibility index (Phi) is 4.66. The van der Waals surface area contributed by atoms with Crippen LogP contribution in [0.2, 0.25) is 0 Å². The van der Waals surface area contributed by atoms with Crippen molar-refractivity contribution in [2.24, 2.45) is 10.7 Å². The number of aromatic nitrogens is 2. The van der Waals surface area contributed by atoms with E-state index in [-0.39, 0.29) is 0 Å². The molecule has 0 unspecified atom stereocenters. The maximum atomic E-state index is 5.65. The molecule has 0 saturated carbocycles. The van der Waals surface area contributed by atoms with Crippen molar-refractivity contribution in [3.63, 3.8) is 0 Å². The third-order valence-electron chi connectivity index (χ3n) is 1.85. The van der Waals surface area contributed by atoms with E-state index in [1.807, 2.05) is 24.6 Å². The summed E-state index contributed by atoms with van der Waals surface area (Å²) in [6.07, 6.45) is 6.49. The van der Waals surface area contributed by atoms with Crippen molar-refractivity contribution in [3.05, 3.63) is 18.7 Å². The number of guanidine groups is 1. The molecular weight excluding hydrogens is 190 g/mol. The summed E-state index contributed by atoms with van der Waals surface area (Å²) in [4.78, 5) is 8.18. The van der Waals surface area contributed by atoms with Crippen LogP contribution < -0.4 is 11.1 Å². The van der Waals surface area contributed by atoms with Crippen LogP contribution in [0, 0.1) is 0 Å². The Balaban J connectivity index is 2.15. The van der Waals surface area contributed by atoms with Crippen LogP contribution in [0.4, 0.5) is 0 Å². The Labute approximate surface area is 90.4 Å². The molecule has 0 saturated heterocycles. The molecular formula is C10H19N5. The van der Waals surface area contributed by atoms with E-state index in [2.05, 4.69) is 15.3 Å². The van der Waals surface area contributed by atoms with Gasteiger partial charge < -0.3 is 15.6 Å². The molecule has 1 aromatic heterocycles. The second-order valence-electron chi connectivity index (χ2n) is 3.72. The van der Waals surface area contributed by atoms with Gasteiger partial charge in [-0.1, -0.05) is 0 Å². The normalized spacial score (nSPS) is 12.1. The highest BCUT2D eigenvalue weighted by Gasteiger charge is 1.94. The Morgan fingerprint density at radius 3 is 3.00 bits per heavy atom. The fourth-order valence-corrected chi connectivity index (χ4v) is 1.21. The average Bonchev–Trinajstić information content (AvgIpc) is 2.63. The SMILES string of the molecule is CC(C)NC(N)=NCCCn1ccnc1. The minimum Gasteiger partial charge on any atom is -0.370 e. The van der Waals surface area contributed by atoms with Crippen molar-refractivity contribution < 1.29 is 0 Å². The molecule has 0 spiro atoms. The van der Waals surface area contributed by atoms with Gasteiger partial charge in [0.1, 0.15) is 0 Å². The van der Waals surface area contributed by atoms with E-state index in [0.29, 0.717) is 12.0 Å². The lowest BCUT2D eigenvalue weighted by Crippen LogP contribution is -2.36. The quantitative estimate of drug-likeness (QED) is 0.423. The molecule has 1 heterocycles. The minimum absolute atomic E-state index is 0.336. The van der Waals surface area contributed by atoms with E-state index in [1.54, 1.807) is 12.5 Å². The van der Waals surface area contributed by atoms with Crippen LogP contribution in [0.5, 0.6) is 0 Å². The van der Waals surface area contributed by atoms with Crippen LogP contribution >= 0.6 is 0 Å². The number of imidazole rings is 1. The van der Waals surface area contributed by atoms with E-state index in [1.165, 1.54) is 0 Å². The smallest absolute Gasteiger partial charge is 0.188 e. The molecule has 0 atom stereocenters.